The molecule has 2 amide bonds. The predicted molar refractivity (Wildman–Crippen MR) is 172 cm³/mol. The summed E-state index contributed by atoms with van der Waals surface area (Å²) in [7, 11) is 4.98. The summed E-state index contributed by atoms with van der Waals surface area (Å²) in [6.45, 7) is 3.29. The molecule has 1 aliphatic rings. The minimum absolute atomic E-state index is 0.0472. The summed E-state index contributed by atoms with van der Waals surface area (Å²) in [6.07, 6.45) is 0.840. The minimum atomic E-state index is -1.63. The molecule has 1 heterocycles. The number of benzene rings is 4. The monoisotopic (exact) mass is 596 g/mol. The van der Waals surface area contributed by atoms with Crippen LogP contribution in [0.4, 0.5) is 11.4 Å². The van der Waals surface area contributed by atoms with Crippen LogP contribution < -0.4 is 14.8 Å². The number of anilines is 2. The summed E-state index contributed by atoms with van der Waals surface area (Å²) >= 11 is -1.63. The van der Waals surface area contributed by atoms with Gasteiger partial charge >= 0.3 is 0 Å². The summed E-state index contributed by atoms with van der Waals surface area (Å²) < 4.78 is 22.2. The van der Waals surface area contributed by atoms with Gasteiger partial charge in [-0.1, -0.05) is 42.0 Å². The Hall–Kier alpha value is -4.47. The lowest BCUT2D eigenvalue weighted by molar-refractivity contribution is 0.0790. The molecule has 0 radical (unpaired) electrons. The van der Waals surface area contributed by atoms with Gasteiger partial charge in [-0.15, -0.1) is 0 Å². The van der Waals surface area contributed by atoms with Crippen molar-refractivity contribution in [1.29, 1.82) is 0 Å². The van der Waals surface area contributed by atoms with E-state index in [0.717, 1.165) is 28.8 Å². The highest BCUT2D eigenvalue weighted by atomic mass is 32.2. The third kappa shape index (κ3) is 7.13. The average molecular weight is 597 g/mol. The zero-order chi connectivity index (χ0) is 30.5. The molecule has 9 heteroatoms. The van der Waals surface area contributed by atoms with E-state index >= 15 is 0 Å². The molecule has 1 unspecified atom stereocenters. The Morgan fingerprint density at radius 2 is 1.63 bits per heavy atom. The lowest BCUT2D eigenvalue weighted by Gasteiger charge is -2.19. The molecule has 4 aromatic rings. The van der Waals surface area contributed by atoms with Gasteiger partial charge in [0.1, 0.15) is 11.4 Å². The molecule has 222 valence electrons. The number of carbonyl (C=O) groups is 2. The highest BCUT2D eigenvalue weighted by molar-refractivity contribution is 7.92. The molecule has 0 aliphatic carbocycles. The molecule has 1 saturated heterocycles. The van der Waals surface area contributed by atoms with Crippen molar-refractivity contribution in [3.8, 4) is 16.9 Å². The predicted octanol–water partition coefficient (Wildman–Crippen LogP) is 5.83. The molecule has 1 aliphatic heterocycles. The first-order valence-corrected chi connectivity index (χ1v) is 15.3. The first kappa shape index (κ1) is 30.0. The van der Waals surface area contributed by atoms with Crippen LogP contribution in [0, 0.1) is 6.92 Å². The Morgan fingerprint density at radius 3 is 2.40 bits per heavy atom. The number of likely N-dealkylation sites (tertiary alicyclic amines) is 1. The van der Waals surface area contributed by atoms with E-state index in [0.29, 0.717) is 40.5 Å². The SMILES string of the molecule is COc1ccc(-c2cccc(C(=O)N(C)C)c2)cc1[S+]([O-])Nc1cccc(N[C@H]2CCN(C(=O)c3cccc(C)c3)C2)c1. The number of hydrogen-bond acceptors (Lipinski definition) is 6. The zero-order valence-electron chi connectivity index (χ0n) is 24.8. The first-order chi connectivity index (χ1) is 20.7. The Labute approximate surface area is 256 Å². The molecule has 43 heavy (non-hydrogen) atoms. The maximum atomic E-state index is 13.6. The van der Waals surface area contributed by atoms with Crippen LogP contribution in [0.3, 0.4) is 0 Å². The normalized spacial score (nSPS) is 15.1. The molecule has 8 nitrogen and oxygen atoms in total. The van der Waals surface area contributed by atoms with Crippen LogP contribution in [-0.2, 0) is 11.4 Å². The minimum Gasteiger partial charge on any atom is -0.588 e. The van der Waals surface area contributed by atoms with Gasteiger partial charge in [0, 0.05) is 56.1 Å². The average Bonchev–Trinajstić information content (AvgIpc) is 3.48. The number of rotatable bonds is 9. The Balaban J connectivity index is 1.27. The highest BCUT2D eigenvalue weighted by Gasteiger charge is 2.27. The van der Waals surface area contributed by atoms with Crippen molar-refractivity contribution < 1.29 is 18.9 Å². The second-order valence-corrected chi connectivity index (χ2v) is 12.0. The second kappa shape index (κ2) is 13.2. The maximum Gasteiger partial charge on any atom is 0.253 e. The van der Waals surface area contributed by atoms with Crippen LogP contribution in [0.25, 0.3) is 11.1 Å². The van der Waals surface area contributed by atoms with E-state index in [1.807, 2.05) is 90.7 Å². The fraction of sp³-hybridized carbons (Fsp3) is 0.235. The first-order valence-electron chi connectivity index (χ1n) is 14.1. The van der Waals surface area contributed by atoms with E-state index < -0.39 is 11.4 Å². The van der Waals surface area contributed by atoms with Gasteiger partial charge in [-0.3, -0.25) is 9.59 Å². The molecule has 4 aromatic carbocycles. The Morgan fingerprint density at radius 1 is 0.907 bits per heavy atom. The summed E-state index contributed by atoms with van der Waals surface area (Å²) in [5.41, 5.74) is 5.57. The summed E-state index contributed by atoms with van der Waals surface area (Å²) in [6, 6.07) is 28.3. The van der Waals surface area contributed by atoms with E-state index in [1.165, 1.54) is 4.90 Å². The number of nitrogens with zero attached hydrogens (tertiary/aromatic N) is 2. The molecule has 0 bridgehead atoms. The molecule has 2 atom stereocenters. The Kier molecular flexibility index (Phi) is 9.23. The standard InChI is InChI=1S/C34H36N4O4S/c1-23-8-5-10-26(18-23)34(40)38-17-16-30(22-38)35-28-12-7-13-29(21-28)36-43(41)32-20-25(14-15-31(32)42-4)24-9-6-11-27(19-24)33(39)37(2)3/h5-15,18-21,30,35-36H,16-17,22H2,1-4H3/t30-,43?/m0/s1. The van der Waals surface area contributed by atoms with Crippen LogP contribution in [0.5, 0.6) is 5.75 Å². The summed E-state index contributed by atoms with van der Waals surface area (Å²) in [5.74, 6) is 0.456. The molecule has 5 rings (SSSR count). The smallest absolute Gasteiger partial charge is 0.253 e. The van der Waals surface area contributed by atoms with Crippen LogP contribution in [0.15, 0.2) is 95.9 Å². The highest BCUT2D eigenvalue weighted by Crippen LogP contribution is 2.32. The van der Waals surface area contributed by atoms with Crippen molar-refractivity contribution in [2.75, 3.05) is 44.3 Å². The van der Waals surface area contributed by atoms with Crippen LogP contribution in [0.1, 0.15) is 32.7 Å². The largest absolute Gasteiger partial charge is 0.588 e. The number of aryl methyl sites for hydroxylation is 1. The lowest BCUT2D eigenvalue weighted by Crippen LogP contribution is -2.31. The van der Waals surface area contributed by atoms with Crippen molar-refractivity contribution in [3.05, 3.63) is 108 Å². The van der Waals surface area contributed by atoms with Gasteiger partial charge < -0.3 is 24.4 Å². The van der Waals surface area contributed by atoms with E-state index in [2.05, 4.69) is 10.0 Å². The van der Waals surface area contributed by atoms with Crippen molar-refractivity contribution in [2.45, 2.75) is 24.3 Å². The maximum absolute atomic E-state index is 13.6. The quantitative estimate of drug-likeness (QED) is 0.236. The number of amides is 2. The van der Waals surface area contributed by atoms with Gasteiger partial charge in [0.15, 0.2) is 5.75 Å². The van der Waals surface area contributed by atoms with Gasteiger partial charge in [-0.05, 0) is 73.0 Å². The summed E-state index contributed by atoms with van der Waals surface area (Å²) in [4.78, 5) is 29.4. The van der Waals surface area contributed by atoms with Crippen LogP contribution >= 0.6 is 0 Å². The summed E-state index contributed by atoms with van der Waals surface area (Å²) in [5, 5.41) is 3.53. The topological polar surface area (TPSA) is 97.0 Å². The molecule has 0 spiro atoms. The molecule has 0 saturated carbocycles. The van der Waals surface area contributed by atoms with Gasteiger partial charge in [-0.25, -0.2) is 4.72 Å². The number of methoxy groups -OCH3 is 1. The fourth-order valence-electron chi connectivity index (χ4n) is 5.18. The van der Waals surface area contributed by atoms with Crippen LogP contribution in [0.2, 0.25) is 0 Å². The number of carbonyl (C=O) groups excluding carboxylic acids is 2. The second-order valence-electron chi connectivity index (χ2n) is 10.8. The Bertz CT molecular complexity index is 1630. The van der Waals surface area contributed by atoms with Crippen LogP contribution in [-0.4, -0.2) is 66.5 Å². The van der Waals surface area contributed by atoms with Crippen molar-refractivity contribution in [2.24, 2.45) is 0 Å². The van der Waals surface area contributed by atoms with Gasteiger partial charge in [-0.2, -0.15) is 0 Å². The fourth-order valence-corrected chi connectivity index (χ4v) is 6.20. The molecule has 1 fully saturated rings. The molecular weight excluding hydrogens is 560 g/mol. The van der Waals surface area contributed by atoms with Crippen molar-refractivity contribution in [3.63, 3.8) is 0 Å². The molecular formula is C34H36N4O4S. The van der Waals surface area contributed by atoms with E-state index in [4.69, 9.17) is 4.74 Å². The van der Waals surface area contributed by atoms with E-state index in [9.17, 15) is 14.1 Å². The molecule has 0 aromatic heterocycles. The number of hydrogen-bond donors (Lipinski definition) is 2. The van der Waals surface area contributed by atoms with Gasteiger partial charge in [0.05, 0.1) is 12.8 Å². The number of ether oxygens (including phenoxy) is 1. The lowest BCUT2D eigenvalue weighted by atomic mass is 10.0. The molecule has 2 N–H and O–H groups in total. The van der Waals surface area contributed by atoms with Gasteiger partial charge in [0.2, 0.25) is 4.90 Å². The van der Waals surface area contributed by atoms with E-state index in [1.54, 1.807) is 33.3 Å². The zero-order valence-corrected chi connectivity index (χ0v) is 25.6. The third-order valence-corrected chi connectivity index (χ3v) is 8.54. The van der Waals surface area contributed by atoms with Crippen molar-refractivity contribution in [1.82, 2.24) is 9.80 Å². The third-order valence-electron chi connectivity index (χ3n) is 7.40. The van der Waals surface area contributed by atoms with E-state index in [-0.39, 0.29) is 17.9 Å². The van der Waals surface area contributed by atoms with Gasteiger partial charge in [0.25, 0.3) is 11.8 Å². The van der Waals surface area contributed by atoms with Crippen molar-refractivity contribution >= 4 is 34.6 Å². The number of nitrogens with one attached hydrogen (secondary N) is 2.